The van der Waals surface area contributed by atoms with Crippen molar-refractivity contribution >= 4 is 39.0 Å². The lowest BCUT2D eigenvalue weighted by Gasteiger charge is -2.15. The second kappa shape index (κ2) is 7.44. The maximum atomic E-state index is 12.5. The number of hydrogen-bond acceptors (Lipinski definition) is 7. The zero-order valence-electron chi connectivity index (χ0n) is 13.2. The van der Waals surface area contributed by atoms with Gasteiger partial charge in [0.2, 0.25) is 5.82 Å². The number of rotatable bonds is 6. The van der Waals surface area contributed by atoms with Crippen LogP contribution in [0.5, 0.6) is 5.88 Å². The van der Waals surface area contributed by atoms with Crippen molar-refractivity contribution in [2.45, 2.75) is 10.4 Å². The van der Waals surface area contributed by atoms with Crippen molar-refractivity contribution in [1.29, 1.82) is 0 Å². The minimum absolute atomic E-state index is 0.0573. The number of benzene rings is 1. The fourth-order valence-electron chi connectivity index (χ4n) is 2.02. The first-order valence-corrected chi connectivity index (χ1v) is 9.39. The van der Waals surface area contributed by atoms with E-state index >= 15 is 0 Å². The fourth-order valence-corrected chi connectivity index (χ4v) is 3.58. The van der Waals surface area contributed by atoms with E-state index in [4.69, 9.17) is 27.9 Å². The van der Waals surface area contributed by atoms with E-state index in [9.17, 15) is 8.42 Å². The third-order valence-electron chi connectivity index (χ3n) is 3.22. The third kappa shape index (κ3) is 3.71. The van der Waals surface area contributed by atoms with Crippen LogP contribution < -0.4 is 9.46 Å². The van der Waals surface area contributed by atoms with E-state index in [1.54, 1.807) is 18.2 Å². The molecule has 2 aromatic heterocycles. The van der Waals surface area contributed by atoms with Gasteiger partial charge >= 0.3 is 0 Å². The Balaban J connectivity index is 1.98. The molecule has 0 aliphatic carbocycles. The molecule has 0 saturated carbocycles. The first-order valence-electron chi connectivity index (χ1n) is 7.10. The zero-order chi connectivity index (χ0) is 18.7. The average Bonchev–Trinajstić information content (AvgIpc) is 3.16. The van der Waals surface area contributed by atoms with Crippen LogP contribution in [0.3, 0.4) is 0 Å². The summed E-state index contributed by atoms with van der Waals surface area (Å²) >= 11 is 12.4. The summed E-state index contributed by atoms with van der Waals surface area (Å²) in [4.78, 5) is 12.0. The number of ether oxygens (including phenoxy) is 1. The number of aromatic nitrogens is 5. The van der Waals surface area contributed by atoms with Crippen LogP contribution in [-0.2, 0) is 10.0 Å². The lowest BCUT2D eigenvalue weighted by atomic mass is 10.4. The maximum Gasteiger partial charge on any atom is 0.263 e. The summed E-state index contributed by atoms with van der Waals surface area (Å²) in [5, 5.41) is 3.80. The van der Waals surface area contributed by atoms with E-state index in [1.165, 1.54) is 36.6 Å². The molecule has 0 fully saturated rings. The van der Waals surface area contributed by atoms with Crippen LogP contribution in [0, 0.1) is 0 Å². The molecule has 12 heteroatoms. The maximum absolute atomic E-state index is 12.5. The van der Waals surface area contributed by atoms with Gasteiger partial charge in [0.05, 0.1) is 12.0 Å². The van der Waals surface area contributed by atoms with Gasteiger partial charge in [0.15, 0.2) is 10.7 Å². The van der Waals surface area contributed by atoms with Crippen LogP contribution in [0.15, 0.2) is 47.9 Å². The van der Waals surface area contributed by atoms with Gasteiger partial charge in [-0.05, 0) is 12.1 Å². The van der Waals surface area contributed by atoms with Gasteiger partial charge in [-0.15, -0.1) is 0 Å². The monoisotopic (exact) mass is 414 g/mol. The first-order chi connectivity index (χ1) is 12.4. The predicted molar refractivity (Wildman–Crippen MR) is 94.9 cm³/mol. The van der Waals surface area contributed by atoms with Crippen LogP contribution in [0.25, 0.3) is 0 Å². The molecule has 1 N–H and O–H groups in total. The molecule has 1 aromatic carbocycles. The van der Waals surface area contributed by atoms with Gasteiger partial charge in [0, 0.05) is 0 Å². The normalized spacial score (nSPS) is 12.6. The number of halogens is 2. The van der Waals surface area contributed by atoms with Gasteiger partial charge in [-0.3, -0.25) is 4.72 Å². The summed E-state index contributed by atoms with van der Waals surface area (Å²) in [6.45, 7) is 0. The van der Waals surface area contributed by atoms with Crippen LogP contribution in [0.4, 0.5) is 5.82 Å². The lowest BCUT2D eigenvalue weighted by Crippen LogP contribution is -2.17. The Morgan fingerprint density at radius 1 is 1.23 bits per heavy atom. The van der Waals surface area contributed by atoms with Crippen molar-refractivity contribution in [3.8, 4) is 5.88 Å². The lowest BCUT2D eigenvalue weighted by molar-refractivity contribution is 0.395. The van der Waals surface area contributed by atoms with E-state index in [1.807, 2.05) is 0 Å². The molecular formula is C14H12Cl2N6O3S. The molecule has 0 bridgehead atoms. The molecule has 2 heterocycles. The molecule has 0 saturated heterocycles. The minimum Gasteiger partial charge on any atom is -0.478 e. The molecule has 9 nitrogen and oxygen atoms in total. The van der Waals surface area contributed by atoms with Crippen molar-refractivity contribution in [2.24, 2.45) is 0 Å². The van der Waals surface area contributed by atoms with Gasteiger partial charge in [-0.2, -0.15) is 5.10 Å². The molecule has 0 aliphatic heterocycles. The molecule has 1 atom stereocenters. The predicted octanol–water partition coefficient (Wildman–Crippen LogP) is 2.32. The number of nitrogens with one attached hydrogen (secondary N) is 1. The van der Waals surface area contributed by atoms with Gasteiger partial charge in [-0.1, -0.05) is 41.4 Å². The molecule has 0 radical (unpaired) electrons. The molecule has 3 aromatic rings. The Morgan fingerprint density at radius 3 is 2.58 bits per heavy atom. The van der Waals surface area contributed by atoms with Crippen LogP contribution >= 0.6 is 23.2 Å². The van der Waals surface area contributed by atoms with Crippen molar-refractivity contribution < 1.29 is 13.2 Å². The number of hydrogen-bond donors (Lipinski definition) is 1. The van der Waals surface area contributed by atoms with E-state index < -0.39 is 15.5 Å². The number of anilines is 1. The van der Waals surface area contributed by atoms with Crippen LogP contribution in [-0.4, -0.2) is 40.3 Å². The number of methoxy groups -OCH3 is 1. The van der Waals surface area contributed by atoms with E-state index in [-0.39, 0.29) is 27.4 Å². The largest absolute Gasteiger partial charge is 0.478 e. The second-order valence-electron chi connectivity index (χ2n) is 4.89. The Kier molecular flexibility index (Phi) is 5.25. The van der Waals surface area contributed by atoms with Crippen LogP contribution in [0.1, 0.15) is 11.2 Å². The highest BCUT2D eigenvalue weighted by atomic mass is 35.5. The quantitative estimate of drug-likeness (QED) is 0.615. The molecule has 0 spiro atoms. The van der Waals surface area contributed by atoms with Crippen LogP contribution in [0.2, 0.25) is 5.15 Å². The summed E-state index contributed by atoms with van der Waals surface area (Å²) in [6, 6.07) is 7.79. The third-order valence-corrected chi connectivity index (χ3v) is 5.26. The Morgan fingerprint density at radius 2 is 1.96 bits per heavy atom. The molecule has 1 unspecified atom stereocenters. The Labute approximate surface area is 159 Å². The molecule has 3 rings (SSSR count). The summed E-state index contributed by atoms with van der Waals surface area (Å²) in [7, 11) is -2.57. The summed E-state index contributed by atoms with van der Waals surface area (Å²) in [5.74, 6) is -0.248. The second-order valence-corrected chi connectivity index (χ2v) is 7.34. The highest BCUT2D eigenvalue weighted by molar-refractivity contribution is 7.92. The van der Waals surface area contributed by atoms with Crippen molar-refractivity contribution in [2.75, 3.05) is 11.8 Å². The van der Waals surface area contributed by atoms with Gasteiger partial charge in [-0.25, -0.2) is 28.1 Å². The highest BCUT2D eigenvalue weighted by Crippen LogP contribution is 2.32. The fraction of sp³-hybridized carbons (Fsp3) is 0.143. The Bertz CT molecular complexity index is 999. The van der Waals surface area contributed by atoms with Crippen molar-refractivity contribution in [1.82, 2.24) is 24.7 Å². The van der Waals surface area contributed by atoms with E-state index in [2.05, 4.69) is 24.8 Å². The Hall–Kier alpha value is -2.43. The van der Waals surface area contributed by atoms with Crippen molar-refractivity contribution in [3.63, 3.8) is 0 Å². The number of sulfonamides is 1. The smallest absolute Gasteiger partial charge is 0.263 e. The van der Waals surface area contributed by atoms with Gasteiger partial charge in [0.25, 0.3) is 15.9 Å². The minimum atomic E-state index is -3.89. The SMILES string of the molecule is COc1nc(C(Cl)n2cncn2)c(Cl)nc1NS(=O)(=O)c1ccccc1. The summed E-state index contributed by atoms with van der Waals surface area (Å²) < 4.78 is 33.7. The van der Waals surface area contributed by atoms with Crippen molar-refractivity contribution in [3.05, 3.63) is 53.8 Å². The van der Waals surface area contributed by atoms with E-state index in [0.29, 0.717) is 0 Å². The molecule has 0 aliphatic rings. The number of alkyl halides is 1. The summed E-state index contributed by atoms with van der Waals surface area (Å²) in [5.41, 5.74) is -0.760. The standard InChI is InChI=1S/C14H12Cl2N6O3S/c1-25-14-13(21-26(23,24)9-5-3-2-4-6-9)20-11(15)10(19-14)12(16)22-8-17-7-18-22/h2-8,12H,1H3,(H,20,21). The first kappa shape index (κ1) is 18.4. The zero-order valence-corrected chi connectivity index (χ0v) is 15.6. The van der Waals surface area contributed by atoms with Gasteiger partial charge in [0.1, 0.15) is 18.3 Å². The number of nitrogens with zero attached hydrogens (tertiary/aromatic N) is 5. The van der Waals surface area contributed by atoms with E-state index in [0.717, 1.165) is 0 Å². The average molecular weight is 415 g/mol. The molecular weight excluding hydrogens is 403 g/mol. The highest BCUT2D eigenvalue weighted by Gasteiger charge is 2.24. The molecule has 136 valence electrons. The van der Waals surface area contributed by atoms with Gasteiger partial charge < -0.3 is 4.74 Å². The molecule has 0 amide bonds. The molecule has 26 heavy (non-hydrogen) atoms. The topological polar surface area (TPSA) is 112 Å². The summed E-state index contributed by atoms with van der Waals surface area (Å²) in [6.07, 6.45) is 2.68.